The number of aromatic nitrogens is 2. The SMILES string of the molecule is Cc1ccc(-c2cc(=O)[nH]c(=O)n2-c2ccc(S(C)=O)cc2)cc1. The quantitative estimate of drug-likeness (QED) is 0.795. The Kier molecular flexibility index (Phi) is 4.31. The molecule has 0 radical (unpaired) electrons. The third-order valence-corrected chi connectivity index (χ3v) is 4.65. The van der Waals surface area contributed by atoms with Gasteiger partial charge in [0.15, 0.2) is 0 Å². The molecular weight excluding hydrogens is 324 g/mol. The highest BCUT2D eigenvalue weighted by atomic mass is 32.2. The molecule has 6 heteroatoms. The molecule has 1 heterocycles. The summed E-state index contributed by atoms with van der Waals surface area (Å²) in [6.07, 6.45) is 1.60. The van der Waals surface area contributed by atoms with Crippen molar-refractivity contribution in [3.8, 4) is 16.9 Å². The van der Waals surface area contributed by atoms with Crippen molar-refractivity contribution in [1.29, 1.82) is 0 Å². The predicted molar refractivity (Wildman–Crippen MR) is 95.2 cm³/mol. The molecule has 2 aromatic carbocycles. The van der Waals surface area contributed by atoms with Gasteiger partial charge in [0.2, 0.25) is 0 Å². The van der Waals surface area contributed by atoms with Crippen LogP contribution in [0.2, 0.25) is 0 Å². The standard InChI is InChI=1S/C18H16N2O3S/c1-12-3-5-13(6-4-12)16-11-17(21)19-18(22)20(16)14-7-9-15(10-8-14)24(2)23/h3-11H,1-2H3,(H,19,21,22). The van der Waals surface area contributed by atoms with Crippen molar-refractivity contribution in [2.45, 2.75) is 11.8 Å². The number of aromatic amines is 1. The Hall–Kier alpha value is -2.73. The maximum absolute atomic E-state index is 12.4. The van der Waals surface area contributed by atoms with E-state index in [0.29, 0.717) is 16.3 Å². The molecule has 122 valence electrons. The molecule has 0 amide bonds. The number of H-pyrrole nitrogens is 1. The van der Waals surface area contributed by atoms with Gasteiger partial charge in [-0.1, -0.05) is 29.8 Å². The number of nitrogens with zero attached hydrogens (tertiary/aromatic N) is 1. The van der Waals surface area contributed by atoms with Gasteiger partial charge in [-0.2, -0.15) is 0 Å². The summed E-state index contributed by atoms with van der Waals surface area (Å²) in [6.45, 7) is 1.97. The first-order valence-corrected chi connectivity index (χ1v) is 8.89. The zero-order valence-electron chi connectivity index (χ0n) is 13.3. The van der Waals surface area contributed by atoms with E-state index in [9.17, 15) is 13.8 Å². The first-order valence-electron chi connectivity index (χ1n) is 7.33. The lowest BCUT2D eigenvalue weighted by molar-refractivity contribution is 0.687. The third kappa shape index (κ3) is 3.14. The van der Waals surface area contributed by atoms with E-state index in [0.717, 1.165) is 11.1 Å². The first kappa shape index (κ1) is 16.1. The maximum Gasteiger partial charge on any atom is 0.333 e. The Balaban J connectivity index is 2.23. The van der Waals surface area contributed by atoms with Gasteiger partial charge in [-0.3, -0.25) is 18.6 Å². The van der Waals surface area contributed by atoms with Crippen LogP contribution < -0.4 is 11.2 Å². The zero-order chi connectivity index (χ0) is 17.3. The smallest absolute Gasteiger partial charge is 0.274 e. The monoisotopic (exact) mass is 340 g/mol. The minimum atomic E-state index is -1.09. The molecule has 0 fully saturated rings. The molecule has 1 unspecified atom stereocenters. The summed E-state index contributed by atoms with van der Waals surface area (Å²) in [7, 11) is -1.09. The Morgan fingerprint density at radius 3 is 2.17 bits per heavy atom. The van der Waals surface area contributed by atoms with Gasteiger partial charge in [0.05, 0.1) is 11.4 Å². The molecule has 0 saturated heterocycles. The summed E-state index contributed by atoms with van der Waals surface area (Å²) in [6, 6.07) is 15.8. The van der Waals surface area contributed by atoms with Crippen molar-refractivity contribution >= 4 is 10.8 Å². The third-order valence-electron chi connectivity index (χ3n) is 3.72. The van der Waals surface area contributed by atoms with E-state index in [2.05, 4.69) is 4.98 Å². The molecule has 1 atom stereocenters. The summed E-state index contributed by atoms with van der Waals surface area (Å²) >= 11 is 0. The van der Waals surface area contributed by atoms with Gasteiger partial charge in [-0.15, -0.1) is 0 Å². The number of hydrogen-bond acceptors (Lipinski definition) is 3. The summed E-state index contributed by atoms with van der Waals surface area (Å²) < 4.78 is 13.0. The van der Waals surface area contributed by atoms with E-state index >= 15 is 0 Å². The van der Waals surface area contributed by atoms with Crippen LogP contribution in [0, 0.1) is 6.92 Å². The number of hydrogen-bond donors (Lipinski definition) is 1. The molecule has 0 bridgehead atoms. The molecule has 3 rings (SSSR count). The van der Waals surface area contributed by atoms with Crippen LogP contribution >= 0.6 is 0 Å². The molecule has 0 spiro atoms. The van der Waals surface area contributed by atoms with Gasteiger partial charge in [-0.05, 0) is 36.8 Å². The molecule has 3 aromatic rings. The van der Waals surface area contributed by atoms with Crippen LogP contribution in [0.25, 0.3) is 16.9 Å². The van der Waals surface area contributed by atoms with Crippen LogP contribution in [0.5, 0.6) is 0 Å². The molecule has 0 aliphatic heterocycles. The van der Waals surface area contributed by atoms with Crippen LogP contribution in [0.15, 0.2) is 69.1 Å². The Morgan fingerprint density at radius 2 is 1.58 bits per heavy atom. The van der Waals surface area contributed by atoms with E-state index in [1.165, 1.54) is 10.6 Å². The van der Waals surface area contributed by atoms with Gasteiger partial charge in [0.1, 0.15) is 0 Å². The fourth-order valence-corrected chi connectivity index (χ4v) is 2.99. The molecule has 0 aliphatic rings. The lowest BCUT2D eigenvalue weighted by Gasteiger charge is -2.13. The van der Waals surface area contributed by atoms with Crippen LogP contribution in [0.1, 0.15) is 5.56 Å². The largest absolute Gasteiger partial charge is 0.333 e. The van der Waals surface area contributed by atoms with Crippen molar-refractivity contribution in [3.05, 3.63) is 81.0 Å². The van der Waals surface area contributed by atoms with E-state index in [1.807, 2.05) is 31.2 Å². The average Bonchev–Trinajstić information content (AvgIpc) is 2.55. The number of rotatable bonds is 3. The van der Waals surface area contributed by atoms with Crippen molar-refractivity contribution in [1.82, 2.24) is 9.55 Å². The highest BCUT2D eigenvalue weighted by Crippen LogP contribution is 2.21. The van der Waals surface area contributed by atoms with E-state index in [-0.39, 0.29) is 0 Å². The van der Waals surface area contributed by atoms with Crippen molar-refractivity contribution in [3.63, 3.8) is 0 Å². The normalized spacial score (nSPS) is 12.1. The van der Waals surface area contributed by atoms with E-state index < -0.39 is 22.0 Å². The lowest BCUT2D eigenvalue weighted by Crippen LogP contribution is -2.29. The molecular formula is C18H16N2O3S. The van der Waals surface area contributed by atoms with Gasteiger partial charge in [-0.25, -0.2) is 4.79 Å². The van der Waals surface area contributed by atoms with Gasteiger partial charge < -0.3 is 0 Å². The molecule has 0 aliphatic carbocycles. The van der Waals surface area contributed by atoms with Gasteiger partial charge >= 0.3 is 5.69 Å². The topological polar surface area (TPSA) is 71.9 Å². The van der Waals surface area contributed by atoms with Crippen molar-refractivity contribution < 1.29 is 4.21 Å². The van der Waals surface area contributed by atoms with Crippen LogP contribution in [0.3, 0.4) is 0 Å². The zero-order valence-corrected chi connectivity index (χ0v) is 14.1. The van der Waals surface area contributed by atoms with Crippen LogP contribution in [-0.4, -0.2) is 20.0 Å². The second-order valence-corrected chi connectivity index (χ2v) is 6.85. The van der Waals surface area contributed by atoms with Crippen molar-refractivity contribution in [2.75, 3.05) is 6.26 Å². The summed E-state index contributed by atoms with van der Waals surface area (Å²) in [4.78, 5) is 27.1. The fourth-order valence-electron chi connectivity index (χ4n) is 2.48. The van der Waals surface area contributed by atoms with Gasteiger partial charge in [0.25, 0.3) is 5.56 Å². The van der Waals surface area contributed by atoms with E-state index in [4.69, 9.17) is 0 Å². The molecule has 1 N–H and O–H groups in total. The molecule has 24 heavy (non-hydrogen) atoms. The Morgan fingerprint density at radius 1 is 0.958 bits per heavy atom. The van der Waals surface area contributed by atoms with Crippen molar-refractivity contribution in [2.24, 2.45) is 0 Å². The highest BCUT2D eigenvalue weighted by Gasteiger charge is 2.11. The summed E-state index contributed by atoms with van der Waals surface area (Å²) in [5.41, 5.74) is 2.01. The summed E-state index contributed by atoms with van der Waals surface area (Å²) in [5, 5.41) is 0. The fraction of sp³-hybridized carbons (Fsp3) is 0.111. The molecule has 1 aromatic heterocycles. The Labute approximate surface area is 141 Å². The van der Waals surface area contributed by atoms with Gasteiger partial charge in [0, 0.05) is 28.0 Å². The summed E-state index contributed by atoms with van der Waals surface area (Å²) in [5.74, 6) is 0. The highest BCUT2D eigenvalue weighted by molar-refractivity contribution is 7.84. The number of nitrogens with one attached hydrogen (secondary N) is 1. The Bertz CT molecular complexity index is 1020. The molecule has 5 nitrogen and oxygen atoms in total. The minimum Gasteiger partial charge on any atom is -0.274 e. The number of benzene rings is 2. The average molecular weight is 340 g/mol. The first-order chi connectivity index (χ1) is 11.5. The predicted octanol–water partition coefficient (Wildman–Crippen LogP) is 2.24. The van der Waals surface area contributed by atoms with Crippen LogP contribution in [-0.2, 0) is 10.8 Å². The second kappa shape index (κ2) is 6.41. The molecule has 0 saturated carbocycles. The maximum atomic E-state index is 12.4. The van der Waals surface area contributed by atoms with Crippen LogP contribution in [0.4, 0.5) is 0 Å². The number of aryl methyl sites for hydroxylation is 1. The minimum absolute atomic E-state index is 0.446. The second-order valence-electron chi connectivity index (χ2n) is 5.47. The lowest BCUT2D eigenvalue weighted by atomic mass is 10.1. The van der Waals surface area contributed by atoms with E-state index in [1.54, 1.807) is 30.5 Å².